The van der Waals surface area contributed by atoms with E-state index in [9.17, 15) is 5.11 Å². The highest BCUT2D eigenvalue weighted by Crippen LogP contribution is 2.33. The van der Waals surface area contributed by atoms with Crippen LogP contribution in [0.15, 0.2) is 24.8 Å². The summed E-state index contributed by atoms with van der Waals surface area (Å²) in [5.74, 6) is 0.453. The summed E-state index contributed by atoms with van der Waals surface area (Å²) in [5.41, 5.74) is 7.14. The molecule has 0 aliphatic rings. The number of benzene rings is 1. The summed E-state index contributed by atoms with van der Waals surface area (Å²) >= 11 is 0. The van der Waals surface area contributed by atoms with Crippen molar-refractivity contribution >= 4 is 0 Å². The monoisotopic (exact) mass is 223 g/mol. The molecule has 0 spiro atoms. The minimum Gasteiger partial charge on any atom is -0.504 e. The molecule has 4 nitrogen and oxygen atoms in total. The van der Waals surface area contributed by atoms with Gasteiger partial charge in [-0.15, -0.1) is 6.58 Å². The van der Waals surface area contributed by atoms with Crippen LogP contribution in [0.1, 0.15) is 17.2 Å². The fourth-order valence-electron chi connectivity index (χ4n) is 1.48. The van der Waals surface area contributed by atoms with E-state index in [0.29, 0.717) is 17.7 Å². The van der Waals surface area contributed by atoms with E-state index >= 15 is 0 Å². The SMILES string of the molecule is C=CCc1cc([C@H](N)CO)cc(OC)c1O. The van der Waals surface area contributed by atoms with Gasteiger partial charge in [0, 0.05) is 5.56 Å². The van der Waals surface area contributed by atoms with Crippen molar-refractivity contribution < 1.29 is 14.9 Å². The molecule has 0 bridgehead atoms. The van der Waals surface area contributed by atoms with Crippen LogP contribution in [-0.2, 0) is 6.42 Å². The van der Waals surface area contributed by atoms with Gasteiger partial charge in [0.15, 0.2) is 11.5 Å². The van der Waals surface area contributed by atoms with Crippen LogP contribution in [0.5, 0.6) is 11.5 Å². The largest absolute Gasteiger partial charge is 0.504 e. The molecule has 1 rings (SSSR count). The maximum atomic E-state index is 9.82. The van der Waals surface area contributed by atoms with Crippen molar-refractivity contribution in [2.45, 2.75) is 12.5 Å². The molecular formula is C12H17NO3. The molecule has 4 heteroatoms. The molecule has 4 N–H and O–H groups in total. The lowest BCUT2D eigenvalue weighted by atomic mass is 10.0. The molecule has 88 valence electrons. The molecule has 0 fully saturated rings. The zero-order valence-corrected chi connectivity index (χ0v) is 9.31. The first kappa shape index (κ1) is 12.5. The van der Waals surface area contributed by atoms with E-state index in [4.69, 9.17) is 15.6 Å². The molecule has 1 aromatic carbocycles. The molecule has 0 unspecified atom stereocenters. The maximum absolute atomic E-state index is 9.82. The van der Waals surface area contributed by atoms with Gasteiger partial charge in [0.05, 0.1) is 19.8 Å². The second-order valence-corrected chi connectivity index (χ2v) is 3.51. The van der Waals surface area contributed by atoms with Crippen LogP contribution in [0.3, 0.4) is 0 Å². The third-order valence-electron chi connectivity index (χ3n) is 2.39. The van der Waals surface area contributed by atoms with Gasteiger partial charge in [0.25, 0.3) is 0 Å². The van der Waals surface area contributed by atoms with Crippen molar-refractivity contribution in [1.82, 2.24) is 0 Å². The number of hydrogen-bond donors (Lipinski definition) is 3. The van der Waals surface area contributed by atoms with Gasteiger partial charge in [0.2, 0.25) is 0 Å². The number of rotatable bonds is 5. The van der Waals surface area contributed by atoms with Crippen LogP contribution < -0.4 is 10.5 Å². The molecule has 1 atom stereocenters. The first-order valence-corrected chi connectivity index (χ1v) is 5.01. The zero-order chi connectivity index (χ0) is 12.1. The van der Waals surface area contributed by atoms with E-state index in [1.165, 1.54) is 7.11 Å². The molecular weight excluding hydrogens is 206 g/mol. The van der Waals surface area contributed by atoms with E-state index in [2.05, 4.69) is 6.58 Å². The van der Waals surface area contributed by atoms with Gasteiger partial charge in [-0.2, -0.15) is 0 Å². The first-order valence-electron chi connectivity index (χ1n) is 5.01. The van der Waals surface area contributed by atoms with Gasteiger partial charge >= 0.3 is 0 Å². The van der Waals surface area contributed by atoms with E-state index in [1.54, 1.807) is 18.2 Å². The summed E-state index contributed by atoms with van der Waals surface area (Å²) in [6, 6.07) is 2.90. The van der Waals surface area contributed by atoms with Crippen LogP contribution in [0.4, 0.5) is 0 Å². The Morgan fingerprint density at radius 3 is 2.75 bits per heavy atom. The lowest BCUT2D eigenvalue weighted by molar-refractivity contribution is 0.267. The summed E-state index contributed by atoms with van der Waals surface area (Å²) in [4.78, 5) is 0. The van der Waals surface area contributed by atoms with Crippen molar-refractivity contribution in [2.24, 2.45) is 5.73 Å². The summed E-state index contributed by atoms with van der Waals surface area (Å²) in [6.07, 6.45) is 2.21. The number of aliphatic hydroxyl groups excluding tert-OH is 1. The number of aromatic hydroxyl groups is 1. The van der Waals surface area contributed by atoms with Crippen LogP contribution in [-0.4, -0.2) is 23.9 Å². The first-order chi connectivity index (χ1) is 7.63. The van der Waals surface area contributed by atoms with Crippen molar-refractivity contribution in [3.63, 3.8) is 0 Å². The Morgan fingerprint density at radius 2 is 2.25 bits per heavy atom. The molecule has 0 saturated carbocycles. The predicted octanol–water partition coefficient (Wildman–Crippen LogP) is 1.12. The van der Waals surface area contributed by atoms with Crippen molar-refractivity contribution in [3.05, 3.63) is 35.9 Å². The quantitative estimate of drug-likeness (QED) is 0.654. The Morgan fingerprint density at radius 1 is 1.56 bits per heavy atom. The Labute approximate surface area is 95.0 Å². The topological polar surface area (TPSA) is 75.7 Å². The van der Waals surface area contributed by atoms with Gasteiger partial charge in [-0.05, 0) is 24.1 Å². The Balaban J connectivity index is 3.22. The lowest BCUT2D eigenvalue weighted by Gasteiger charge is -2.14. The highest BCUT2D eigenvalue weighted by molar-refractivity contribution is 5.49. The minimum atomic E-state index is -0.474. The fraction of sp³-hybridized carbons (Fsp3) is 0.333. The van der Waals surface area contributed by atoms with Gasteiger partial charge in [-0.1, -0.05) is 6.08 Å². The number of phenolic OH excluding ortho intramolecular Hbond substituents is 1. The average Bonchev–Trinajstić information content (AvgIpc) is 2.31. The molecule has 0 aliphatic carbocycles. The molecule has 0 saturated heterocycles. The lowest BCUT2D eigenvalue weighted by Crippen LogP contribution is -2.14. The molecule has 0 amide bonds. The Hall–Kier alpha value is -1.52. The summed E-state index contributed by atoms with van der Waals surface area (Å²) in [7, 11) is 1.47. The molecule has 16 heavy (non-hydrogen) atoms. The van der Waals surface area contributed by atoms with Gasteiger partial charge in [0.1, 0.15) is 0 Å². The standard InChI is InChI=1S/C12H17NO3/c1-3-4-8-5-9(10(13)7-14)6-11(16-2)12(8)15/h3,5-6,10,14-15H,1,4,7,13H2,2H3/t10-/m1/s1. The van der Waals surface area contributed by atoms with Crippen LogP contribution in [0.2, 0.25) is 0 Å². The Bertz CT molecular complexity index is 377. The summed E-state index contributed by atoms with van der Waals surface area (Å²) < 4.78 is 5.05. The molecule has 0 heterocycles. The highest BCUT2D eigenvalue weighted by Gasteiger charge is 2.13. The normalized spacial score (nSPS) is 12.2. The number of hydrogen-bond acceptors (Lipinski definition) is 4. The number of aliphatic hydroxyl groups is 1. The van der Waals surface area contributed by atoms with Crippen LogP contribution in [0, 0.1) is 0 Å². The number of methoxy groups -OCH3 is 1. The zero-order valence-electron chi connectivity index (χ0n) is 9.31. The van der Waals surface area contributed by atoms with Crippen molar-refractivity contribution in [2.75, 3.05) is 13.7 Å². The van der Waals surface area contributed by atoms with Crippen molar-refractivity contribution in [3.8, 4) is 11.5 Å². The maximum Gasteiger partial charge on any atom is 0.161 e. The second-order valence-electron chi connectivity index (χ2n) is 3.51. The van der Waals surface area contributed by atoms with Gasteiger partial charge < -0.3 is 20.7 Å². The third-order valence-corrected chi connectivity index (χ3v) is 2.39. The fourth-order valence-corrected chi connectivity index (χ4v) is 1.48. The number of ether oxygens (including phenoxy) is 1. The molecule has 0 aromatic heterocycles. The summed E-state index contributed by atoms with van der Waals surface area (Å²) in [5, 5.41) is 18.8. The highest BCUT2D eigenvalue weighted by atomic mass is 16.5. The molecule has 0 aliphatic heterocycles. The smallest absolute Gasteiger partial charge is 0.161 e. The Kier molecular flexibility index (Phi) is 4.34. The van der Waals surface area contributed by atoms with E-state index in [1.807, 2.05) is 0 Å². The van der Waals surface area contributed by atoms with Gasteiger partial charge in [-0.3, -0.25) is 0 Å². The third kappa shape index (κ3) is 2.53. The van der Waals surface area contributed by atoms with Crippen LogP contribution in [0.25, 0.3) is 0 Å². The van der Waals surface area contributed by atoms with Crippen molar-refractivity contribution in [1.29, 1.82) is 0 Å². The number of nitrogens with two attached hydrogens (primary N) is 1. The average molecular weight is 223 g/mol. The van der Waals surface area contributed by atoms with Crippen LogP contribution >= 0.6 is 0 Å². The molecule has 0 radical (unpaired) electrons. The minimum absolute atomic E-state index is 0.0938. The van der Waals surface area contributed by atoms with Gasteiger partial charge in [-0.25, -0.2) is 0 Å². The number of phenols is 1. The van der Waals surface area contributed by atoms with E-state index in [-0.39, 0.29) is 12.4 Å². The number of allylic oxidation sites excluding steroid dienone is 1. The predicted molar refractivity (Wildman–Crippen MR) is 62.6 cm³/mol. The van der Waals surface area contributed by atoms with E-state index in [0.717, 1.165) is 5.56 Å². The summed E-state index contributed by atoms with van der Waals surface area (Å²) in [6.45, 7) is 3.46. The van der Waals surface area contributed by atoms with E-state index < -0.39 is 6.04 Å². The second kappa shape index (κ2) is 5.53. The molecule has 1 aromatic rings.